The third-order valence-corrected chi connectivity index (χ3v) is 1.68. The van der Waals surface area contributed by atoms with E-state index in [0.717, 1.165) is 0 Å². The van der Waals surface area contributed by atoms with Gasteiger partial charge in [-0.1, -0.05) is 13.8 Å². The molecule has 0 spiro atoms. The highest BCUT2D eigenvalue weighted by Crippen LogP contribution is 2.01. The first-order valence-corrected chi connectivity index (χ1v) is 5.02. The third-order valence-electron chi connectivity index (χ3n) is 1.68. The van der Waals surface area contributed by atoms with E-state index in [9.17, 15) is 4.79 Å². The maximum Gasteiger partial charge on any atom is 0.409 e. The molecule has 0 atom stereocenters. The first-order valence-electron chi connectivity index (χ1n) is 5.02. The van der Waals surface area contributed by atoms with Gasteiger partial charge in [0.25, 0.3) is 0 Å². The zero-order valence-corrected chi connectivity index (χ0v) is 9.58. The van der Waals surface area contributed by atoms with Crippen LogP contribution in [0, 0.1) is 5.92 Å². The summed E-state index contributed by atoms with van der Waals surface area (Å²) in [6.07, 6.45) is -0.252. The lowest BCUT2D eigenvalue weighted by Gasteiger charge is -2.23. The number of ether oxygens (including phenoxy) is 2. The summed E-state index contributed by atoms with van der Waals surface area (Å²) in [5, 5.41) is 0. The van der Waals surface area contributed by atoms with Crippen LogP contribution in [0.25, 0.3) is 0 Å². The van der Waals surface area contributed by atoms with E-state index in [1.165, 1.54) is 0 Å². The Morgan fingerprint density at radius 1 is 1.43 bits per heavy atom. The molecule has 0 bridgehead atoms. The second-order valence-electron chi connectivity index (χ2n) is 3.53. The lowest BCUT2D eigenvalue weighted by atomic mass is 10.2. The smallest absolute Gasteiger partial charge is 0.409 e. The van der Waals surface area contributed by atoms with Crippen LogP contribution in [0.15, 0.2) is 0 Å². The molecule has 1 amide bonds. The molecule has 0 aliphatic heterocycles. The number of rotatable bonds is 6. The highest BCUT2D eigenvalue weighted by molar-refractivity contribution is 5.67. The zero-order valence-electron chi connectivity index (χ0n) is 9.58. The molecular weight excluding hydrogens is 182 g/mol. The van der Waals surface area contributed by atoms with Gasteiger partial charge in [-0.2, -0.15) is 0 Å². The fourth-order valence-electron chi connectivity index (χ4n) is 1.11. The first kappa shape index (κ1) is 13.2. The van der Waals surface area contributed by atoms with Gasteiger partial charge in [-0.15, -0.1) is 0 Å². The van der Waals surface area contributed by atoms with Gasteiger partial charge in [0.1, 0.15) is 0 Å². The average Bonchev–Trinajstić information content (AvgIpc) is 2.12. The number of amides is 1. The van der Waals surface area contributed by atoms with E-state index in [0.29, 0.717) is 32.2 Å². The van der Waals surface area contributed by atoms with E-state index in [-0.39, 0.29) is 6.09 Å². The van der Waals surface area contributed by atoms with Crippen molar-refractivity contribution in [1.82, 2.24) is 4.90 Å². The van der Waals surface area contributed by atoms with Crippen molar-refractivity contribution in [3.63, 3.8) is 0 Å². The van der Waals surface area contributed by atoms with Gasteiger partial charge >= 0.3 is 6.09 Å². The van der Waals surface area contributed by atoms with Crippen molar-refractivity contribution in [2.75, 3.05) is 33.4 Å². The zero-order chi connectivity index (χ0) is 11.0. The van der Waals surface area contributed by atoms with Gasteiger partial charge in [0.15, 0.2) is 0 Å². The minimum absolute atomic E-state index is 0.252. The number of nitrogens with zero attached hydrogens (tertiary/aromatic N) is 1. The van der Waals surface area contributed by atoms with Gasteiger partial charge in [-0.05, 0) is 12.8 Å². The molecule has 0 aromatic carbocycles. The van der Waals surface area contributed by atoms with Crippen LogP contribution in [0.1, 0.15) is 20.8 Å². The maximum absolute atomic E-state index is 11.4. The lowest BCUT2D eigenvalue weighted by Crippen LogP contribution is -2.37. The minimum Gasteiger partial charge on any atom is -0.450 e. The quantitative estimate of drug-likeness (QED) is 0.660. The van der Waals surface area contributed by atoms with Crippen molar-refractivity contribution < 1.29 is 14.3 Å². The number of hydrogen-bond donors (Lipinski definition) is 0. The van der Waals surface area contributed by atoms with Crippen molar-refractivity contribution in [3.05, 3.63) is 0 Å². The largest absolute Gasteiger partial charge is 0.450 e. The van der Waals surface area contributed by atoms with Crippen molar-refractivity contribution in [3.8, 4) is 0 Å². The highest BCUT2D eigenvalue weighted by Gasteiger charge is 2.14. The van der Waals surface area contributed by atoms with Gasteiger partial charge in [0.05, 0.1) is 13.2 Å². The first-order chi connectivity index (χ1) is 6.61. The molecule has 0 heterocycles. The Labute approximate surface area is 86.2 Å². The molecule has 4 heteroatoms. The topological polar surface area (TPSA) is 38.8 Å². The second-order valence-corrected chi connectivity index (χ2v) is 3.53. The summed E-state index contributed by atoms with van der Waals surface area (Å²) in [5.41, 5.74) is 0. The summed E-state index contributed by atoms with van der Waals surface area (Å²) in [6, 6.07) is 0. The molecule has 0 aliphatic rings. The van der Waals surface area contributed by atoms with Crippen LogP contribution in [0.2, 0.25) is 0 Å². The molecule has 0 aromatic rings. The van der Waals surface area contributed by atoms with Gasteiger partial charge < -0.3 is 14.4 Å². The SMILES string of the molecule is CCOC(=O)N(CCOC)CC(C)C. The predicted molar refractivity (Wildman–Crippen MR) is 55.3 cm³/mol. The third kappa shape index (κ3) is 5.80. The molecule has 0 unspecified atom stereocenters. The molecule has 0 radical (unpaired) electrons. The Kier molecular flexibility index (Phi) is 7.20. The van der Waals surface area contributed by atoms with Crippen LogP contribution in [0.5, 0.6) is 0 Å². The van der Waals surface area contributed by atoms with Gasteiger partial charge in [0.2, 0.25) is 0 Å². The molecule has 0 saturated heterocycles. The van der Waals surface area contributed by atoms with Crippen LogP contribution < -0.4 is 0 Å². The summed E-state index contributed by atoms with van der Waals surface area (Å²) < 4.78 is 9.87. The summed E-state index contributed by atoms with van der Waals surface area (Å²) in [4.78, 5) is 13.1. The molecule has 4 nitrogen and oxygen atoms in total. The maximum atomic E-state index is 11.4. The number of carbonyl (C=O) groups is 1. The van der Waals surface area contributed by atoms with E-state index in [2.05, 4.69) is 13.8 Å². The van der Waals surface area contributed by atoms with E-state index >= 15 is 0 Å². The standard InChI is InChI=1S/C10H21NO3/c1-5-14-10(12)11(6-7-13-4)8-9(2)3/h9H,5-8H2,1-4H3. The second kappa shape index (κ2) is 7.62. The van der Waals surface area contributed by atoms with Gasteiger partial charge in [-0.3, -0.25) is 0 Å². The normalized spacial score (nSPS) is 10.4. The summed E-state index contributed by atoms with van der Waals surface area (Å²) in [7, 11) is 1.62. The van der Waals surface area contributed by atoms with Crippen LogP contribution in [-0.2, 0) is 9.47 Å². The van der Waals surface area contributed by atoms with Crippen LogP contribution in [0.4, 0.5) is 4.79 Å². The molecule has 0 N–H and O–H groups in total. The number of methoxy groups -OCH3 is 1. The molecule has 0 aromatic heterocycles. The van der Waals surface area contributed by atoms with Crippen molar-refractivity contribution >= 4 is 6.09 Å². The van der Waals surface area contributed by atoms with E-state index in [1.54, 1.807) is 12.0 Å². The lowest BCUT2D eigenvalue weighted by molar-refractivity contribution is 0.0864. The Morgan fingerprint density at radius 2 is 2.07 bits per heavy atom. The Balaban J connectivity index is 4.01. The average molecular weight is 203 g/mol. The van der Waals surface area contributed by atoms with E-state index in [4.69, 9.17) is 9.47 Å². The van der Waals surface area contributed by atoms with Crippen molar-refractivity contribution in [2.45, 2.75) is 20.8 Å². The van der Waals surface area contributed by atoms with E-state index < -0.39 is 0 Å². The number of hydrogen-bond acceptors (Lipinski definition) is 3. The Bertz CT molecular complexity index is 159. The molecule has 0 saturated carbocycles. The predicted octanol–water partition coefficient (Wildman–Crippen LogP) is 1.75. The fourth-order valence-corrected chi connectivity index (χ4v) is 1.11. The van der Waals surface area contributed by atoms with Gasteiger partial charge in [-0.25, -0.2) is 4.79 Å². The molecule has 0 fully saturated rings. The van der Waals surface area contributed by atoms with Crippen molar-refractivity contribution in [1.29, 1.82) is 0 Å². The molecule has 84 valence electrons. The molecule has 0 aliphatic carbocycles. The van der Waals surface area contributed by atoms with Crippen molar-refractivity contribution in [2.24, 2.45) is 5.92 Å². The summed E-state index contributed by atoms with van der Waals surface area (Å²) in [5.74, 6) is 0.441. The van der Waals surface area contributed by atoms with Crippen LogP contribution >= 0.6 is 0 Å². The van der Waals surface area contributed by atoms with Crippen LogP contribution in [0.3, 0.4) is 0 Å². The van der Waals surface area contributed by atoms with Gasteiger partial charge in [0, 0.05) is 20.2 Å². The molecular formula is C10H21NO3. The molecule has 14 heavy (non-hydrogen) atoms. The Morgan fingerprint density at radius 3 is 2.50 bits per heavy atom. The fraction of sp³-hybridized carbons (Fsp3) is 0.900. The van der Waals surface area contributed by atoms with E-state index in [1.807, 2.05) is 6.92 Å². The molecule has 0 rings (SSSR count). The summed E-state index contributed by atoms with van der Waals surface area (Å²) >= 11 is 0. The number of carbonyl (C=O) groups excluding carboxylic acids is 1. The van der Waals surface area contributed by atoms with Crippen LogP contribution in [-0.4, -0.2) is 44.4 Å². The summed E-state index contributed by atoms with van der Waals surface area (Å²) in [6.45, 7) is 8.21. The Hall–Kier alpha value is -0.770. The monoisotopic (exact) mass is 203 g/mol. The minimum atomic E-state index is -0.252. The highest BCUT2D eigenvalue weighted by atomic mass is 16.6.